The van der Waals surface area contributed by atoms with Gasteiger partial charge in [-0.15, -0.1) is 11.3 Å². The average Bonchev–Trinajstić information content (AvgIpc) is 2.74. The fourth-order valence-electron chi connectivity index (χ4n) is 2.56. The predicted molar refractivity (Wildman–Crippen MR) is 93.5 cm³/mol. The Morgan fingerprint density at radius 2 is 1.79 bits per heavy atom. The highest BCUT2D eigenvalue weighted by Gasteiger charge is 2.14. The van der Waals surface area contributed by atoms with Gasteiger partial charge in [0.25, 0.3) is 0 Å². The Kier molecular flexibility index (Phi) is 3.71. The van der Waals surface area contributed by atoms with Crippen LogP contribution in [0.25, 0.3) is 20.2 Å². The lowest BCUT2D eigenvalue weighted by Gasteiger charge is -2.09. The Bertz CT molecular complexity index is 771. The molecular formula is C16H14Br2S. The van der Waals surface area contributed by atoms with Crippen LogP contribution >= 0.6 is 43.2 Å². The molecule has 0 saturated carbocycles. The second-order valence-corrected chi connectivity index (χ2v) is 7.42. The van der Waals surface area contributed by atoms with Crippen molar-refractivity contribution in [3.8, 4) is 0 Å². The van der Waals surface area contributed by atoms with E-state index in [1.165, 1.54) is 35.8 Å². The molecule has 3 rings (SSSR count). The van der Waals surface area contributed by atoms with E-state index in [1.54, 1.807) is 0 Å². The van der Waals surface area contributed by atoms with E-state index >= 15 is 0 Å². The fourth-order valence-corrected chi connectivity index (χ4v) is 5.42. The molecule has 0 fully saturated rings. The molecule has 2 aromatic carbocycles. The molecular weight excluding hydrogens is 384 g/mol. The third kappa shape index (κ3) is 2.16. The van der Waals surface area contributed by atoms with Crippen molar-refractivity contribution in [1.82, 2.24) is 0 Å². The lowest BCUT2D eigenvalue weighted by atomic mass is 10.0. The molecule has 0 aliphatic carbocycles. The SMILES string of the molecule is CCc1cc2c(sc3cc(Br)ccc32)c(CC)c1Br. The van der Waals surface area contributed by atoms with Crippen molar-refractivity contribution >= 4 is 63.4 Å². The maximum atomic E-state index is 3.79. The van der Waals surface area contributed by atoms with Gasteiger partial charge in [0.05, 0.1) is 0 Å². The normalized spacial score (nSPS) is 11.6. The van der Waals surface area contributed by atoms with Crippen molar-refractivity contribution in [3.05, 3.63) is 44.3 Å². The summed E-state index contributed by atoms with van der Waals surface area (Å²) in [5.41, 5.74) is 2.86. The van der Waals surface area contributed by atoms with E-state index in [0.717, 1.165) is 17.3 Å². The predicted octanol–water partition coefficient (Wildman–Crippen LogP) is 6.70. The molecule has 0 atom stereocenters. The Morgan fingerprint density at radius 1 is 1.00 bits per heavy atom. The molecule has 1 heterocycles. The standard InChI is InChI=1S/C16H14Br2S/c1-3-9-7-13-12-6-5-10(17)8-14(12)19-16(13)11(4-2)15(9)18/h5-8H,3-4H2,1-2H3. The summed E-state index contributed by atoms with van der Waals surface area (Å²) in [6.07, 6.45) is 2.14. The topological polar surface area (TPSA) is 0 Å². The third-order valence-electron chi connectivity index (χ3n) is 3.56. The maximum Gasteiger partial charge on any atom is 0.0398 e. The number of hydrogen-bond donors (Lipinski definition) is 0. The molecule has 0 aliphatic heterocycles. The van der Waals surface area contributed by atoms with Crippen molar-refractivity contribution in [1.29, 1.82) is 0 Å². The first-order valence-electron chi connectivity index (χ1n) is 6.47. The summed E-state index contributed by atoms with van der Waals surface area (Å²) in [6.45, 7) is 4.45. The van der Waals surface area contributed by atoms with Gasteiger partial charge in [0.1, 0.15) is 0 Å². The maximum absolute atomic E-state index is 3.79. The van der Waals surface area contributed by atoms with Gasteiger partial charge in [-0.05, 0) is 42.2 Å². The van der Waals surface area contributed by atoms with Gasteiger partial charge in [0, 0.05) is 29.1 Å². The quantitative estimate of drug-likeness (QED) is 0.451. The van der Waals surface area contributed by atoms with Crippen LogP contribution in [0.1, 0.15) is 25.0 Å². The molecule has 1 aromatic heterocycles. The summed E-state index contributed by atoms with van der Waals surface area (Å²) in [6, 6.07) is 8.93. The van der Waals surface area contributed by atoms with Crippen LogP contribution in [0.3, 0.4) is 0 Å². The van der Waals surface area contributed by atoms with Gasteiger partial charge in [0.2, 0.25) is 0 Å². The van der Waals surface area contributed by atoms with Crippen LogP contribution in [0.4, 0.5) is 0 Å². The molecule has 0 spiro atoms. The van der Waals surface area contributed by atoms with Crippen LogP contribution in [-0.2, 0) is 12.8 Å². The zero-order valence-electron chi connectivity index (χ0n) is 10.9. The molecule has 0 bridgehead atoms. The molecule has 0 radical (unpaired) electrons. The van der Waals surface area contributed by atoms with E-state index in [4.69, 9.17) is 0 Å². The summed E-state index contributed by atoms with van der Waals surface area (Å²) < 4.78 is 5.24. The Labute approximate surface area is 134 Å². The monoisotopic (exact) mass is 396 g/mol. The van der Waals surface area contributed by atoms with Gasteiger partial charge < -0.3 is 0 Å². The molecule has 0 nitrogen and oxygen atoms in total. The summed E-state index contributed by atoms with van der Waals surface area (Å²) in [5, 5.41) is 2.78. The number of thiophene rings is 1. The second kappa shape index (κ2) is 5.19. The zero-order valence-corrected chi connectivity index (χ0v) is 14.9. The summed E-state index contributed by atoms with van der Waals surface area (Å²) in [5.74, 6) is 0. The van der Waals surface area contributed by atoms with Crippen molar-refractivity contribution in [2.75, 3.05) is 0 Å². The van der Waals surface area contributed by atoms with Gasteiger partial charge in [-0.2, -0.15) is 0 Å². The Morgan fingerprint density at radius 3 is 2.47 bits per heavy atom. The van der Waals surface area contributed by atoms with Gasteiger partial charge >= 0.3 is 0 Å². The van der Waals surface area contributed by atoms with E-state index < -0.39 is 0 Å². The first-order valence-corrected chi connectivity index (χ1v) is 8.88. The van der Waals surface area contributed by atoms with E-state index in [-0.39, 0.29) is 0 Å². The number of rotatable bonds is 2. The lowest BCUT2D eigenvalue weighted by Crippen LogP contribution is -1.90. The fraction of sp³-hybridized carbons (Fsp3) is 0.250. The Hall–Kier alpha value is -0.380. The second-order valence-electron chi connectivity index (χ2n) is 4.65. The molecule has 19 heavy (non-hydrogen) atoms. The molecule has 0 N–H and O–H groups in total. The lowest BCUT2D eigenvalue weighted by molar-refractivity contribution is 1.09. The Balaban J connectivity index is 2.49. The van der Waals surface area contributed by atoms with Gasteiger partial charge in [-0.25, -0.2) is 0 Å². The minimum Gasteiger partial charge on any atom is -0.135 e. The van der Waals surface area contributed by atoms with Gasteiger partial charge in [-0.3, -0.25) is 0 Å². The van der Waals surface area contributed by atoms with E-state index in [1.807, 2.05) is 11.3 Å². The molecule has 0 amide bonds. The molecule has 3 heteroatoms. The molecule has 0 saturated heterocycles. The van der Waals surface area contributed by atoms with E-state index in [0.29, 0.717) is 0 Å². The number of aryl methyl sites for hydroxylation is 2. The minimum atomic E-state index is 1.07. The number of hydrogen-bond acceptors (Lipinski definition) is 1. The van der Waals surface area contributed by atoms with Crippen LogP contribution < -0.4 is 0 Å². The summed E-state index contributed by atoms with van der Waals surface area (Å²) in [7, 11) is 0. The largest absolute Gasteiger partial charge is 0.135 e. The van der Waals surface area contributed by atoms with E-state index in [2.05, 4.69) is 70.0 Å². The summed E-state index contributed by atoms with van der Waals surface area (Å²) >= 11 is 9.26. The average molecular weight is 398 g/mol. The van der Waals surface area contributed by atoms with Crippen LogP contribution in [0.5, 0.6) is 0 Å². The minimum absolute atomic E-state index is 1.07. The third-order valence-corrected chi connectivity index (χ3v) is 6.27. The zero-order chi connectivity index (χ0) is 13.6. The number of fused-ring (bicyclic) bond motifs is 3. The van der Waals surface area contributed by atoms with Crippen LogP contribution in [0.2, 0.25) is 0 Å². The van der Waals surface area contributed by atoms with Crippen molar-refractivity contribution < 1.29 is 0 Å². The van der Waals surface area contributed by atoms with Gasteiger partial charge in [-0.1, -0.05) is 51.8 Å². The van der Waals surface area contributed by atoms with Crippen LogP contribution in [0, 0.1) is 0 Å². The first-order chi connectivity index (χ1) is 9.15. The van der Waals surface area contributed by atoms with Gasteiger partial charge in [0.15, 0.2) is 0 Å². The first kappa shape index (κ1) is 13.6. The van der Waals surface area contributed by atoms with E-state index in [9.17, 15) is 0 Å². The molecule has 0 aliphatic rings. The molecule has 3 aromatic rings. The highest BCUT2D eigenvalue weighted by Crippen LogP contribution is 2.41. The highest BCUT2D eigenvalue weighted by atomic mass is 79.9. The van der Waals surface area contributed by atoms with Crippen molar-refractivity contribution in [2.24, 2.45) is 0 Å². The van der Waals surface area contributed by atoms with Crippen LogP contribution in [0.15, 0.2) is 33.2 Å². The summed E-state index contributed by atoms with van der Waals surface area (Å²) in [4.78, 5) is 0. The highest BCUT2D eigenvalue weighted by molar-refractivity contribution is 9.10. The van der Waals surface area contributed by atoms with Crippen molar-refractivity contribution in [2.45, 2.75) is 26.7 Å². The number of benzene rings is 2. The molecule has 0 unspecified atom stereocenters. The van der Waals surface area contributed by atoms with Crippen LogP contribution in [-0.4, -0.2) is 0 Å². The molecule has 98 valence electrons. The smallest absolute Gasteiger partial charge is 0.0398 e. The number of halogens is 2. The van der Waals surface area contributed by atoms with Crippen molar-refractivity contribution in [3.63, 3.8) is 0 Å².